The molecular formula is C52H78F2N8O6. The molecule has 68 heavy (non-hydrogen) atoms. The van der Waals surface area contributed by atoms with Crippen LogP contribution >= 0.6 is 0 Å². The van der Waals surface area contributed by atoms with E-state index in [2.05, 4.69) is 54.7 Å². The Hall–Kier alpha value is -3.56. The third-order valence-electron chi connectivity index (χ3n) is 16.3. The van der Waals surface area contributed by atoms with Gasteiger partial charge in [-0.2, -0.15) is 0 Å². The van der Waals surface area contributed by atoms with Crippen LogP contribution in [0.5, 0.6) is 0 Å². The predicted molar refractivity (Wildman–Crippen MR) is 255 cm³/mol. The maximum absolute atomic E-state index is 13.9. The number of aryl methyl sites for hydroxylation is 1. The number of carbonyl (C=O) groups is 2. The first-order chi connectivity index (χ1) is 33.1. The number of fused-ring (bicyclic) bond motifs is 2. The molecule has 6 aliphatic rings. The zero-order valence-corrected chi connectivity index (χ0v) is 40.7. The fourth-order valence-corrected chi connectivity index (χ4v) is 12.1. The maximum Gasteiger partial charge on any atom is 0.248 e. The molecule has 376 valence electrons. The summed E-state index contributed by atoms with van der Waals surface area (Å²) < 4.78 is 52.2. The summed E-state index contributed by atoms with van der Waals surface area (Å²) in [6.45, 7) is 14.8. The van der Waals surface area contributed by atoms with E-state index in [1.807, 2.05) is 23.1 Å². The highest BCUT2D eigenvalue weighted by molar-refractivity contribution is 5.79. The first-order valence-electron chi connectivity index (χ1n) is 26.0. The second-order valence-corrected chi connectivity index (χ2v) is 20.6. The van der Waals surface area contributed by atoms with Crippen molar-refractivity contribution in [1.82, 2.24) is 39.7 Å². The molecule has 5 aliphatic heterocycles. The highest BCUT2D eigenvalue weighted by Gasteiger charge is 2.45. The minimum atomic E-state index is -2.66. The number of rotatable bonds is 24. The summed E-state index contributed by atoms with van der Waals surface area (Å²) in [5.74, 6) is 1.75. The Morgan fingerprint density at radius 2 is 1.35 bits per heavy atom. The number of alkyl halides is 2. The second-order valence-electron chi connectivity index (χ2n) is 20.6. The smallest absolute Gasteiger partial charge is 0.248 e. The molecule has 2 aromatic rings. The van der Waals surface area contributed by atoms with Crippen LogP contribution in [0.2, 0.25) is 0 Å². The summed E-state index contributed by atoms with van der Waals surface area (Å²) in [5.41, 5.74) is 1.49. The molecule has 2 unspecified atom stereocenters. The van der Waals surface area contributed by atoms with Gasteiger partial charge in [-0.3, -0.25) is 14.5 Å². The Kier molecular flexibility index (Phi) is 18.3. The monoisotopic (exact) mass is 949 g/mol. The predicted octanol–water partition coefficient (Wildman–Crippen LogP) is 6.02. The number of likely N-dealkylation sites (tertiary alicyclic amines) is 3. The standard InChI is InChI=1S/C52H78F2N8O6/c1-3-28-65-30-32-67-34-35-68-33-31-66-29-27-59-25-19-51(20-26-59)17-23-58(24-18-51)21-14-48(63)60-38-43(39-60)49-57-56-40(2)62(49)46-36-44-9-10-45(37-46)61(44)22-13-47(41-7-5-4-6-8-41)55-50(64)42-11-15-52(53,54)16-12-42/h1,4-8,42-47H,9-39H2,2H3,(H,55,64)/t44?,45?,46?,47-/m0/s1. The van der Waals surface area contributed by atoms with E-state index in [4.69, 9.17) is 30.5 Å². The van der Waals surface area contributed by atoms with Crippen molar-refractivity contribution in [3.8, 4) is 12.3 Å². The van der Waals surface area contributed by atoms with E-state index < -0.39 is 5.92 Å². The second kappa shape index (κ2) is 24.5. The third kappa shape index (κ3) is 13.6. The van der Waals surface area contributed by atoms with Gasteiger partial charge in [0.25, 0.3) is 0 Å². The number of terminal acetylenes is 1. The van der Waals surface area contributed by atoms with Crippen molar-refractivity contribution in [2.45, 2.75) is 133 Å². The normalized spacial score (nSPS) is 25.0. The van der Waals surface area contributed by atoms with E-state index in [-0.39, 0.29) is 55.4 Å². The highest BCUT2D eigenvalue weighted by atomic mass is 19.3. The van der Waals surface area contributed by atoms with Gasteiger partial charge in [0, 0.05) is 76.0 Å². The quantitative estimate of drug-likeness (QED) is 0.0982. The number of aromatic nitrogens is 3. The van der Waals surface area contributed by atoms with Gasteiger partial charge < -0.3 is 43.5 Å². The molecule has 6 heterocycles. The van der Waals surface area contributed by atoms with Crippen molar-refractivity contribution in [2.24, 2.45) is 11.3 Å². The minimum Gasteiger partial charge on any atom is -0.378 e. The van der Waals surface area contributed by atoms with Crippen LogP contribution < -0.4 is 5.32 Å². The SMILES string of the molecule is C#CCOCCOCCOCCOCCN1CCC2(CC1)CCN(CCC(=O)N1CC(c3nnc(C)n3C3CC4CCC(C3)N4CC[C@H](NC(=O)C3CCC(F)(F)CC3)c3ccccc3)C1)CC2. The number of carbonyl (C=O) groups excluding carboxylic acids is 2. The molecule has 2 bridgehead atoms. The summed E-state index contributed by atoms with van der Waals surface area (Å²) in [5, 5.41) is 12.6. The van der Waals surface area contributed by atoms with Crippen LogP contribution in [-0.2, 0) is 28.5 Å². The topological polar surface area (TPSA) is 127 Å². The number of nitrogens with zero attached hydrogens (tertiary/aromatic N) is 7. The number of amides is 2. The lowest BCUT2D eigenvalue weighted by atomic mass is 9.71. The van der Waals surface area contributed by atoms with Crippen LogP contribution in [0, 0.1) is 30.6 Å². The highest BCUT2D eigenvalue weighted by Crippen LogP contribution is 2.44. The van der Waals surface area contributed by atoms with Crippen molar-refractivity contribution < 1.29 is 37.3 Å². The largest absolute Gasteiger partial charge is 0.378 e. The number of piperidine rings is 3. The zero-order valence-electron chi connectivity index (χ0n) is 40.7. The molecule has 6 fully saturated rings. The molecule has 1 aromatic carbocycles. The van der Waals surface area contributed by atoms with Gasteiger partial charge in [-0.05, 0) is 115 Å². The van der Waals surface area contributed by atoms with Crippen LogP contribution in [0.1, 0.15) is 125 Å². The first kappa shape index (κ1) is 50.8. The van der Waals surface area contributed by atoms with Gasteiger partial charge >= 0.3 is 0 Å². The van der Waals surface area contributed by atoms with Crippen LogP contribution in [0.3, 0.4) is 0 Å². The number of hydrogen-bond donors (Lipinski definition) is 1. The molecule has 14 nitrogen and oxygen atoms in total. The van der Waals surface area contributed by atoms with Crippen molar-refractivity contribution in [3.05, 3.63) is 47.5 Å². The summed E-state index contributed by atoms with van der Waals surface area (Å²) in [4.78, 5) is 36.6. The fourth-order valence-electron chi connectivity index (χ4n) is 12.1. The number of ether oxygens (including phenoxy) is 4. The van der Waals surface area contributed by atoms with E-state index in [1.54, 1.807) is 0 Å². The Morgan fingerprint density at radius 3 is 1.97 bits per heavy atom. The fraction of sp³-hybridized carbons (Fsp3) is 0.769. The van der Waals surface area contributed by atoms with Gasteiger partial charge in [0.15, 0.2) is 0 Å². The van der Waals surface area contributed by atoms with Crippen molar-refractivity contribution in [1.29, 1.82) is 0 Å². The van der Waals surface area contributed by atoms with E-state index in [0.717, 1.165) is 102 Å². The number of benzene rings is 1. The number of halogens is 2. The lowest BCUT2D eigenvalue weighted by Crippen LogP contribution is -2.51. The van der Waals surface area contributed by atoms with E-state index in [9.17, 15) is 18.4 Å². The van der Waals surface area contributed by atoms with Gasteiger partial charge in [-0.25, -0.2) is 8.78 Å². The van der Waals surface area contributed by atoms with E-state index in [0.29, 0.717) is 89.3 Å². The lowest BCUT2D eigenvalue weighted by molar-refractivity contribution is -0.136. The Bertz CT molecular complexity index is 1900. The zero-order chi connectivity index (χ0) is 47.4. The first-order valence-corrected chi connectivity index (χ1v) is 26.0. The van der Waals surface area contributed by atoms with Gasteiger partial charge in [-0.1, -0.05) is 36.3 Å². The summed E-state index contributed by atoms with van der Waals surface area (Å²) in [6.07, 6.45) is 15.8. The van der Waals surface area contributed by atoms with E-state index >= 15 is 0 Å². The van der Waals surface area contributed by atoms with Crippen LogP contribution in [0.4, 0.5) is 8.78 Å². The lowest BCUT2D eigenvalue weighted by Gasteiger charge is -2.47. The Morgan fingerprint density at radius 1 is 0.765 bits per heavy atom. The molecule has 8 rings (SSSR count). The average Bonchev–Trinajstić information content (AvgIpc) is 3.82. The molecule has 1 aliphatic carbocycles. The summed E-state index contributed by atoms with van der Waals surface area (Å²) in [7, 11) is 0. The van der Waals surface area contributed by atoms with Crippen molar-refractivity contribution in [3.63, 3.8) is 0 Å². The van der Waals surface area contributed by atoms with Crippen LogP contribution in [0.15, 0.2) is 30.3 Å². The molecular weight excluding hydrogens is 871 g/mol. The van der Waals surface area contributed by atoms with E-state index in [1.165, 1.54) is 25.7 Å². The van der Waals surface area contributed by atoms with Gasteiger partial charge in [0.2, 0.25) is 17.7 Å². The molecule has 2 amide bonds. The maximum atomic E-state index is 13.9. The molecule has 1 N–H and O–H groups in total. The van der Waals surface area contributed by atoms with Crippen LogP contribution in [0.25, 0.3) is 0 Å². The summed E-state index contributed by atoms with van der Waals surface area (Å²) >= 11 is 0. The van der Waals surface area contributed by atoms with Crippen LogP contribution in [-0.4, -0.2) is 176 Å². The molecule has 16 heteroatoms. The number of nitrogens with one attached hydrogen (secondary N) is 1. The Balaban J connectivity index is 0.706. The average molecular weight is 949 g/mol. The number of hydrogen-bond acceptors (Lipinski definition) is 11. The van der Waals surface area contributed by atoms with Gasteiger partial charge in [0.05, 0.1) is 58.2 Å². The molecule has 1 spiro atoms. The summed E-state index contributed by atoms with van der Waals surface area (Å²) in [6, 6.07) is 11.1. The molecule has 0 radical (unpaired) electrons. The molecule has 1 aromatic heterocycles. The van der Waals surface area contributed by atoms with Gasteiger partial charge in [-0.15, -0.1) is 16.6 Å². The van der Waals surface area contributed by atoms with Crippen molar-refractivity contribution in [2.75, 3.05) is 112 Å². The minimum absolute atomic E-state index is 0.0948. The molecule has 3 atom stereocenters. The van der Waals surface area contributed by atoms with Gasteiger partial charge in [0.1, 0.15) is 18.3 Å². The Labute approximate surface area is 403 Å². The molecule has 5 saturated heterocycles. The molecule has 1 saturated carbocycles. The van der Waals surface area contributed by atoms with Crippen molar-refractivity contribution >= 4 is 11.8 Å². The third-order valence-corrected chi connectivity index (χ3v) is 16.3.